The molecule has 0 radical (unpaired) electrons. The molecule has 0 aromatic heterocycles. The van der Waals surface area contributed by atoms with E-state index in [2.05, 4.69) is 12.1 Å². The van der Waals surface area contributed by atoms with Gasteiger partial charge in [0.1, 0.15) is 6.61 Å². The molecule has 5 heteroatoms. The zero-order valence-corrected chi connectivity index (χ0v) is 13.9. The number of nitrogens with zero attached hydrogens (tertiary/aromatic N) is 2. The molecule has 128 valence electrons. The highest BCUT2D eigenvalue weighted by molar-refractivity contribution is 5.83. The summed E-state index contributed by atoms with van der Waals surface area (Å²) in [5.41, 5.74) is 1.27. The first-order valence-corrected chi connectivity index (χ1v) is 8.95. The van der Waals surface area contributed by atoms with Crippen molar-refractivity contribution in [2.75, 3.05) is 32.8 Å². The van der Waals surface area contributed by atoms with Crippen LogP contribution in [0.3, 0.4) is 0 Å². The van der Waals surface area contributed by atoms with Crippen molar-refractivity contribution in [2.45, 2.75) is 31.3 Å². The Hall–Kier alpha value is -1.88. The Morgan fingerprint density at radius 3 is 2.33 bits per heavy atom. The second-order valence-electron chi connectivity index (χ2n) is 7.08. The summed E-state index contributed by atoms with van der Waals surface area (Å²) in [5, 5.41) is 0. The van der Waals surface area contributed by atoms with E-state index in [4.69, 9.17) is 4.74 Å². The monoisotopic (exact) mass is 328 g/mol. The van der Waals surface area contributed by atoms with Crippen LogP contribution in [0.4, 0.5) is 0 Å². The van der Waals surface area contributed by atoms with Crippen LogP contribution in [0.15, 0.2) is 30.3 Å². The minimum absolute atomic E-state index is 0.0579. The van der Waals surface area contributed by atoms with Crippen LogP contribution >= 0.6 is 0 Å². The van der Waals surface area contributed by atoms with Crippen molar-refractivity contribution < 1.29 is 14.3 Å². The summed E-state index contributed by atoms with van der Waals surface area (Å²) in [6, 6.07) is 10.3. The lowest BCUT2D eigenvalue weighted by atomic mass is 10.1. The summed E-state index contributed by atoms with van der Waals surface area (Å²) in [6.07, 6.45) is 3.43. The standard InChI is InChI=1S/C19H24N2O3/c22-18(13-24-15-6-7-15)20-8-10-21(11-9-20)19(23)17-12-16(17)14-4-2-1-3-5-14/h1-5,15-17H,6-13H2. The molecule has 2 unspecified atom stereocenters. The summed E-state index contributed by atoms with van der Waals surface area (Å²) >= 11 is 0. The van der Waals surface area contributed by atoms with Crippen LogP contribution in [-0.2, 0) is 14.3 Å². The van der Waals surface area contributed by atoms with Crippen molar-refractivity contribution in [2.24, 2.45) is 5.92 Å². The largest absolute Gasteiger partial charge is 0.368 e. The molecule has 1 saturated heterocycles. The Bertz CT molecular complexity index is 606. The van der Waals surface area contributed by atoms with E-state index >= 15 is 0 Å². The van der Waals surface area contributed by atoms with Gasteiger partial charge in [-0.05, 0) is 30.7 Å². The quantitative estimate of drug-likeness (QED) is 0.826. The predicted octanol–water partition coefficient (Wildman–Crippen LogP) is 1.64. The molecular weight excluding hydrogens is 304 g/mol. The number of carbonyl (C=O) groups is 2. The van der Waals surface area contributed by atoms with Gasteiger partial charge < -0.3 is 14.5 Å². The molecule has 4 rings (SSSR count). The minimum atomic E-state index is 0.0579. The van der Waals surface area contributed by atoms with Crippen molar-refractivity contribution in [3.8, 4) is 0 Å². The van der Waals surface area contributed by atoms with E-state index in [1.165, 1.54) is 5.56 Å². The molecule has 1 heterocycles. The van der Waals surface area contributed by atoms with E-state index in [1.807, 2.05) is 28.0 Å². The average molecular weight is 328 g/mol. The highest BCUT2D eigenvalue weighted by atomic mass is 16.5. The van der Waals surface area contributed by atoms with Crippen molar-refractivity contribution in [3.63, 3.8) is 0 Å². The maximum Gasteiger partial charge on any atom is 0.248 e. The maximum atomic E-state index is 12.6. The lowest BCUT2D eigenvalue weighted by molar-refractivity contribution is -0.143. The molecule has 5 nitrogen and oxygen atoms in total. The lowest BCUT2D eigenvalue weighted by Crippen LogP contribution is -2.51. The van der Waals surface area contributed by atoms with Crippen molar-refractivity contribution in [1.29, 1.82) is 0 Å². The second-order valence-corrected chi connectivity index (χ2v) is 7.08. The Balaban J connectivity index is 1.24. The fourth-order valence-corrected chi connectivity index (χ4v) is 3.46. The van der Waals surface area contributed by atoms with Crippen LogP contribution < -0.4 is 0 Å². The third-order valence-corrected chi connectivity index (χ3v) is 5.25. The third-order valence-electron chi connectivity index (χ3n) is 5.25. The molecule has 1 aromatic carbocycles. The molecule has 3 aliphatic rings. The van der Waals surface area contributed by atoms with Gasteiger partial charge in [0.05, 0.1) is 6.10 Å². The fourth-order valence-electron chi connectivity index (χ4n) is 3.46. The summed E-state index contributed by atoms with van der Waals surface area (Å²) in [4.78, 5) is 28.5. The van der Waals surface area contributed by atoms with E-state index in [0.717, 1.165) is 19.3 Å². The van der Waals surface area contributed by atoms with Crippen molar-refractivity contribution >= 4 is 11.8 Å². The molecule has 0 bridgehead atoms. The first-order valence-electron chi connectivity index (χ1n) is 8.95. The van der Waals surface area contributed by atoms with E-state index in [-0.39, 0.29) is 24.3 Å². The summed E-state index contributed by atoms with van der Waals surface area (Å²) in [7, 11) is 0. The van der Waals surface area contributed by atoms with E-state index in [0.29, 0.717) is 38.2 Å². The molecule has 0 spiro atoms. The number of amides is 2. The predicted molar refractivity (Wildman–Crippen MR) is 89.4 cm³/mol. The van der Waals surface area contributed by atoms with Gasteiger partial charge in [-0.2, -0.15) is 0 Å². The summed E-state index contributed by atoms with van der Waals surface area (Å²) in [5.74, 6) is 0.825. The first-order chi connectivity index (χ1) is 11.7. The molecule has 2 amide bonds. The Kier molecular flexibility index (Phi) is 4.27. The molecular formula is C19H24N2O3. The topological polar surface area (TPSA) is 49.9 Å². The fraction of sp³-hybridized carbons (Fsp3) is 0.579. The van der Waals surface area contributed by atoms with Crippen LogP contribution in [-0.4, -0.2) is 60.5 Å². The number of carbonyl (C=O) groups excluding carboxylic acids is 2. The molecule has 1 aromatic rings. The Labute approximate surface area is 142 Å². The van der Waals surface area contributed by atoms with Crippen molar-refractivity contribution in [3.05, 3.63) is 35.9 Å². The first kappa shape index (κ1) is 15.6. The van der Waals surface area contributed by atoms with Crippen LogP contribution in [0.5, 0.6) is 0 Å². The normalized spacial score (nSPS) is 26.3. The Morgan fingerprint density at radius 1 is 1.00 bits per heavy atom. The summed E-state index contributed by atoms with van der Waals surface area (Å²) in [6.45, 7) is 2.73. The van der Waals surface area contributed by atoms with Gasteiger partial charge in [0.15, 0.2) is 0 Å². The van der Waals surface area contributed by atoms with Crippen LogP contribution in [0.1, 0.15) is 30.7 Å². The zero-order chi connectivity index (χ0) is 16.5. The zero-order valence-electron chi connectivity index (χ0n) is 13.9. The SMILES string of the molecule is O=C(COC1CC1)N1CCN(C(=O)C2CC2c2ccccc2)CC1. The number of hydrogen-bond donors (Lipinski definition) is 0. The van der Waals surface area contributed by atoms with E-state index in [9.17, 15) is 9.59 Å². The van der Waals surface area contributed by atoms with Gasteiger partial charge in [-0.1, -0.05) is 30.3 Å². The van der Waals surface area contributed by atoms with Gasteiger partial charge in [-0.3, -0.25) is 9.59 Å². The molecule has 1 aliphatic heterocycles. The Morgan fingerprint density at radius 2 is 1.67 bits per heavy atom. The van der Waals surface area contributed by atoms with Gasteiger partial charge in [0, 0.05) is 32.1 Å². The summed E-state index contributed by atoms with van der Waals surface area (Å²) < 4.78 is 5.48. The van der Waals surface area contributed by atoms with Gasteiger partial charge in [0.25, 0.3) is 0 Å². The van der Waals surface area contributed by atoms with Gasteiger partial charge >= 0.3 is 0 Å². The van der Waals surface area contributed by atoms with Crippen LogP contribution in [0, 0.1) is 5.92 Å². The lowest BCUT2D eigenvalue weighted by Gasteiger charge is -2.35. The highest BCUT2D eigenvalue weighted by Gasteiger charge is 2.46. The van der Waals surface area contributed by atoms with Crippen molar-refractivity contribution in [1.82, 2.24) is 9.80 Å². The molecule has 2 aliphatic carbocycles. The molecule has 3 fully saturated rings. The number of rotatable bonds is 5. The third kappa shape index (κ3) is 3.46. The number of ether oxygens (including phenoxy) is 1. The second kappa shape index (κ2) is 6.55. The molecule has 0 N–H and O–H groups in total. The maximum absolute atomic E-state index is 12.6. The molecule has 2 atom stereocenters. The molecule has 24 heavy (non-hydrogen) atoms. The van der Waals surface area contributed by atoms with Gasteiger partial charge in [-0.25, -0.2) is 0 Å². The number of piperazine rings is 1. The van der Waals surface area contributed by atoms with Gasteiger partial charge in [-0.15, -0.1) is 0 Å². The molecule has 2 saturated carbocycles. The average Bonchev–Trinajstić information content (AvgIpc) is 3.54. The minimum Gasteiger partial charge on any atom is -0.368 e. The number of benzene rings is 1. The van der Waals surface area contributed by atoms with Gasteiger partial charge in [0.2, 0.25) is 11.8 Å². The van der Waals surface area contributed by atoms with E-state index < -0.39 is 0 Å². The smallest absolute Gasteiger partial charge is 0.248 e. The highest BCUT2D eigenvalue weighted by Crippen LogP contribution is 2.48. The van der Waals surface area contributed by atoms with Crippen LogP contribution in [0.2, 0.25) is 0 Å². The van der Waals surface area contributed by atoms with E-state index in [1.54, 1.807) is 0 Å². The number of hydrogen-bond acceptors (Lipinski definition) is 3. The van der Waals surface area contributed by atoms with Crippen LogP contribution in [0.25, 0.3) is 0 Å².